The number of allylic oxidation sites excluding steroid dienone is 2. The van der Waals surface area contributed by atoms with E-state index in [0.29, 0.717) is 24.4 Å². The number of halogens is 1. The van der Waals surface area contributed by atoms with E-state index in [2.05, 4.69) is 77.9 Å². The normalized spacial score (nSPS) is 19.0. The fourth-order valence-electron chi connectivity index (χ4n) is 6.14. The minimum Gasteiger partial charge on any atom is -0.371 e. The first-order valence-corrected chi connectivity index (χ1v) is 16.9. The molecule has 2 heterocycles. The van der Waals surface area contributed by atoms with Gasteiger partial charge in [0.1, 0.15) is 12.6 Å². The number of ether oxygens (including phenoxy) is 1. The lowest BCUT2D eigenvalue weighted by atomic mass is 9.80. The van der Waals surface area contributed by atoms with E-state index in [1.54, 1.807) is 6.07 Å². The Morgan fingerprint density at radius 1 is 0.977 bits per heavy atom. The van der Waals surface area contributed by atoms with Gasteiger partial charge in [0.25, 0.3) is 0 Å². The molecule has 3 aromatic rings. The zero-order chi connectivity index (χ0) is 31.9. The Labute approximate surface area is 266 Å². The van der Waals surface area contributed by atoms with Gasteiger partial charge < -0.3 is 14.7 Å². The van der Waals surface area contributed by atoms with Crippen molar-refractivity contribution in [1.82, 2.24) is 4.98 Å². The summed E-state index contributed by atoms with van der Waals surface area (Å²) in [6.45, 7) is 14.8. The molecule has 1 aromatic heterocycles. The number of hydrogen-bond acceptors (Lipinski definition) is 4. The maximum Gasteiger partial charge on any atom is 0.146 e. The van der Waals surface area contributed by atoms with Gasteiger partial charge in [0.2, 0.25) is 0 Å². The second-order valence-electron chi connectivity index (χ2n) is 11.8. The first kappa shape index (κ1) is 35.5. The maximum atomic E-state index is 14.8. The highest BCUT2D eigenvalue weighted by atomic mass is 19.1. The monoisotopic (exact) mass is 602 g/mol. The smallest absolute Gasteiger partial charge is 0.146 e. The molecule has 240 valence electrons. The number of aromatic nitrogens is 1. The number of aryl methyl sites for hydroxylation is 2. The molecule has 1 saturated heterocycles. The number of hydrogen-bond donors (Lipinski definition) is 1. The second kappa shape index (κ2) is 18.7. The molecular formula is C39H55FN2O2. The molecule has 1 aliphatic heterocycles. The zero-order valence-electron chi connectivity index (χ0n) is 28.0. The first-order chi connectivity index (χ1) is 21.4. The van der Waals surface area contributed by atoms with Gasteiger partial charge in [-0.3, -0.25) is 4.98 Å². The van der Waals surface area contributed by atoms with E-state index in [-0.39, 0.29) is 12.6 Å². The molecule has 1 saturated carbocycles. The van der Waals surface area contributed by atoms with Crippen molar-refractivity contribution in [3.8, 4) is 0 Å². The summed E-state index contributed by atoms with van der Waals surface area (Å²) >= 11 is 0. The summed E-state index contributed by atoms with van der Waals surface area (Å²) in [6, 6.07) is 18.8. The van der Waals surface area contributed by atoms with Crippen LogP contribution in [0.4, 0.5) is 10.1 Å². The first-order valence-electron chi connectivity index (χ1n) is 16.9. The molecule has 2 aromatic carbocycles. The van der Waals surface area contributed by atoms with E-state index in [0.717, 1.165) is 50.9 Å². The maximum absolute atomic E-state index is 14.8. The Balaban J connectivity index is 0.000000274. The highest BCUT2D eigenvalue weighted by molar-refractivity contribution is 5.72. The third kappa shape index (κ3) is 10.3. The van der Waals surface area contributed by atoms with E-state index in [1.165, 1.54) is 46.4 Å². The van der Waals surface area contributed by atoms with Crippen molar-refractivity contribution in [2.75, 3.05) is 31.4 Å². The second-order valence-corrected chi connectivity index (χ2v) is 11.8. The topological polar surface area (TPSA) is 45.6 Å². The van der Waals surface area contributed by atoms with Crippen molar-refractivity contribution in [2.45, 2.75) is 92.4 Å². The van der Waals surface area contributed by atoms with Crippen molar-refractivity contribution < 1.29 is 14.2 Å². The van der Waals surface area contributed by atoms with E-state index in [1.807, 2.05) is 39.1 Å². The summed E-state index contributed by atoms with van der Waals surface area (Å²) in [4.78, 5) is 6.95. The van der Waals surface area contributed by atoms with Crippen LogP contribution in [0.25, 0.3) is 5.57 Å². The number of pyridine rings is 1. The SMILES string of the molecule is CC.CC1CCN(c2ccc(C3CC3)cc2F)CCCC1C1=CCc2cccnc21.CCOCO.CCc1cccc(C)c1. The van der Waals surface area contributed by atoms with Gasteiger partial charge in [0.15, 0.2) is 0 Å². The van der Waals surface area contributed by atoms with Crippen LogP contribution in [-0.4, -0.2) is 36.6 Å². The predicted molar refractivity (Wildman–Crippen MR) is 184 cm³/mol. The van der Waals surface area contributed by atoms with Crippen molar-refractivity contribution in [3.63, 3.8) is 0 Å². The molecule has 2 atom stereocenters. The highest BCUT2D eigenvalue weighted by Gasteiger charge is 2.30. The molecule has 0 bridgehead atoms. The van der Waals surface area contributed by atoms with Gasteiger partial charge in [-0.15, -0.1) is 0 Å². The van der Waals surface area contributed by atoms with Crippen molar-refractivity contribution in [2.24, 2.45) is 11.8 Å². The zero-order valence-corrected chi connectivity index (χ0v) is 28.0. The Hall–Kier alpha value is -3.02. The van der Waals surface area contributed by atoms with Gasteiger partial charge >= 0.3 is 0 Å². The van der Waals surface area contributed by atoms with Gasteiger partial charge in [0.05, 0.1) is 11.4 Å². The third-order valence-corrected chi connectivity index (χ3v) is 8.74. The fraction of sp³-hybridized carbons (Fsp3) is 0.513. The summed E-state index contributed by atoms with van der Waals surface area (Å²) < 4.78 is 19.2. The Morgan fingerprint density at radius 3 is 2.39 bits per heavy atom. The number of rotatable bonds is 6. The molecule has 0 spiro atoms. The van der Waals surface area contributed by atoms with Crippen LogP contribution in [0.1, 0.15) is 101 Å². The molecule has 4 nitrogen and oxygen atoms in total. The molecule has 3 aliphatic rings. The molecule has 0 radical (unpaired) electrons. The molecule has 6 rings (SSSR count). The van der Waals surface area contributed by atoms with Crippen LogP contribution in [-0.2, 0) is 17.6 Å². The summed E-state index contributed by atoms with van der Waals surface area (Å²) in [7, 11) is 0. The fourth-order valence-corrected chi connectivity index (χ4v) is 6.14. The number of nitrogens with zero attached hydrogens (tertiary/aromatic N) is 2. The van der Waals surface area contributed by atoms with Crippen LogP contribution < -0.4 is 4.90 Å². The minimum absolute atomic E-state index is 0.0363. The lowest BCUT2D eigenvalue weighted by Gasteiger charge is -2.34. The van der Waals surface area contributed by atoms with Gasteiger partial charge in [0, 0.05) is 25.9 Å². The summed E-state index contributed by atoms with van der Waals surface area (Å²) in [6.07, 6.45) is 12.3. The van der Waals surface area contributed by atoms with Gasteiger partial charge in [-0.25, -0.2) is 4.39 Å². The summed E-state index contributed by atoms with van der Waals surface area (Å²) in [5.74, 6) is 1.72. The molecule has 1 N–H and O–H groups in total. The van der Waals surface area contributed by atoms with E-state index in [4.69, 9.17) is 5.11 Å². The van der Waals surface area contributed by atoms with Gasteiger partial charge in [-0.2, -0.15) is 0 Å². The van der Waals surface area contributed by atoms with Crippen LogP contribution in [0.2, 0.25) is 0 Å². The predicted octanol–water partition coefficient (Wildman–Crippen LogP) is 9.54. The Kier molecular flexibility index (Phi) is 15.1. The third-order valence-electron chi connectivity index (χ3n) is 8.74. The number of anilines is 1. The standard InChI is InChI=1S/C25H29FN2.C9H12.C3H8O2.C2H6/c1-17-12-15-28(24-11-9-20(16-23(24)26)18-6-7-18)14-3-5-21(17)22-10-8-19-4-2-13-27-25(19)22;1-3-9-6-4-5-8(2)7-9;1-2-5-3-4;1-2/h2,4,9-11,13,16-18,21H,3,5-8,12,14-15H2,1H3;4-7H,3H2,1-2H3;4H,2-3H2,1H3;1-2H3. The van der Waals surface area contributed by atoms with Crippen LogP contribution in [0.5, 0.6) is 0 Å². The van der Waals surface area contributed by atoms with Crippen molar-refractivity contribution >= 4 is 11.3 Å². The minimum atomic E-state index is -0.156. The molecule has 2 aliphatic carbocycles. The Morgan fingerprint density at radius 2 is 1.77 bits per heavy atom. The van der Waals surface area contributed by atoms with E-state index >= 15 is 0 Å². The number of benzene rings is 2. The molecule has 2 unspecified atom stereocenters. The highest BCUT2D eigenvalue weighted by Crippen LogP contribution is 2.42. The molecule has 5 heteroatoms. The molecule has 0 amide bonds. The summed E-state index contributed by atoms with van der Waals surface area (Å²) in [5.41, 5.74) is 8.80. The molecule has 44 heavy (non-hydrogen) atoms. The van der Waals surface area contributed by atoms with E-state index in [9.17, 15) is 4.39 Å². The Bertz CT molecular complexity index is 1300. The van der Waals surface area contributed by atoms with Crippen LogP contribution >= 0.6 is 0 Å². The van der Waals surface area contributed by atoms with E-state index < -0.39 is 0 Å². The number of aliphatic hydroxyl groups is 1. The largest absolute Gasteiger partial charge is 0.371 e. The average molecular weight is 603 g/mol. The quantitative estimate of drug-likeness (QED) is 0.286. The summed E-state index contributed by atoms with van der Waals surface area (Å²) in [5, 5.41) is 7.84. The number of aliphatic hydroxyl groups excluding tert-OH is 1. The van der Waals surface area contributed by atoms with Crippen LogP contribution in [0, 0.1) is 24.6 Å². The average Bonchev–Trinajstić information content (AvgIpc) is 3.81. The van der Waals surface area contributed by atoms with Crippen molar-refractivity contribution in [1.29, 1.82) is 0 Å². The lowest BCUT2D eigenvalue weighted by molar-refractivity contribution is 0.00539. The number of fused-ring (bicyclic) bond motifs is 1. The van der Waals surface area contributed by atoms with Crippen LogP contribution in [0.3, 0.4) is 0 Å². The van der Waals surface area contributed by atoms with Gasteiger partial charge in [-0.1, -0.05) is 75.7 Å². The lowest BCUT2D eigenvalue weighted by Crippen LogP contribution is -2.32. The molecule has 2 fully saturated rings. The van der Waals surface area contributed by atoms with Crippen LogP contribution in [0.15, 0.2) is 66.9 Å². The molecular weight excluding hydrogens is 547 g/mol. The van der Waals surface area contributed by atoms with Gasteiger partial charge in [-0.05, 0) is 117 Å². The van der Waals surface area contributed by atoms with Crippen molar-refractivity contribution in [3.05, 3.63) is 101 Å².